The summed E-state index contributed by atoms with van der Waals surface area (Å²) in [5, 5.41) is 22.3. The van der Waals surface area contributed by atoms with Crippen LogP contribution in [0.25, 0.3) is 5.76 Å². The summed E-state index contributed by atoms with van der Waals surface area (Å²) in [5.74, 6) is -1.89. The van der Waals surface area contributed by atoms with Gasteiger partial charge < -0.3 is 14.7 Å². The number of nitro benzene ring substituents is 1. The lowest BCUT2D eigenvalue weighted by molar-refractivity contribution is -0.384. The molecule has 9 heteroatoms. The van der Waals surface area contributed by atoms with E-state index in [-0.39, 0.29) is 23.6 Å². The Morgan fingerprint density at radius 1 is 1.17 bits per heavy atom. The number of likely N-dealkylation sites (tertiary alicyclic amines) is 1. The third kappa shape index (κ3) is 4.19. The van der Waals surface area contributed by atoms with E-state index in [1.165, 1.54) is 36.3 Å². The second-order valence-electron chi connectivity index (χ2n) is 6.69. The zero-order chi connectivity index (χ0) is 21.8. The first-order valence-electron chi connectivity index (χ1n) is 9.12. The maximum atomic E-state index is 12.8. The van der Waals surface area contributed by atoms with Gasteiger partial charge >= 0.3 is 0 Å². The summed E-state index contributed by atoms with van der Waals surface area (Å²) in [7, 11) is 1.53. The minimum atomic E-state index is -0.877. The molecule has 0 saturated carbocycles. The number of carbonyl (C=O) groups is 2. The largest absolute Gasteiger partial charge is 0.507 e. The van der Waals surface area contributed by atoms with Gasteiger partial charge in [0.15, 0.2) is 0 Å². The summed E-state index contributed by atoms with van der Waals surface area (Å²) in [6, 6.07) is 10.9. The quantitative estimate of drug-likeness (QED) is 0.179. The van der Waals surface area contributed by atoms with E-state index in [9.17, 15) is 24.8 Å². The zero-order valence-corrected chi connectivity index (χ0v) is 16.8. The number of benzene rings is 2. The Morgan fingerprint density at radius 2 is 1.80 bits per heavy atom. The summed E-state index contributed by atoms with van der Waals surface area (Å²) in [4.78, 5) is 37.3. The fraction of sp³-hybridized carbons (Fsp3) is 0.238. The van der Waals surface area contributed by atoms with Crippen LogP contribution >= 0.6 is 11.6 Å². The number of ketones is 1. The number of aliphatic hydroxyl groups is 1. The molecule has 0 spiro atoms. The highest BCUT2D eigenvalue weighted by molar-refractivity contribution is 6.46. The van der Waals surface area contributed by atoms with Crippen LogP contribution in [0.1, 0.15) is 23.6 Å². The number of carbonyl (C=O) groups excluding carboxylic acids is 2. The third-order valence-corrected chi connectivity index (χ3v) is 5.08. The average molecular weight is 431 g/mol. The van der Waals surface area contributed by atoms with E-state index in [4.69, 9.17) is 16.3 Å². The number of ether oxygens (including phenoxy) is 1. The van der Waals surface area contributed by atoms with Crippen molar-refractivity contribution in [2.24, 2.45) is 0 Å². The minimum Gasteiger partial charge on any atom is -0.507 e. The fourth-order valence-corrected chi connectivity index (χ4v) is 3.50. The summed E-state index contributed by atoms with van der Waals surface area (Å²) in [6.07, 6.45) is 0.480. The Kier molecular flexibility index (Phi) is 6.49. The fourth-order valence-electron chi connectivity index (χ4n) is 3.38. The van der Waals surface area contributed by atoms with Crippen LogP contribution in [0.4, 0.5) is 5.69 Å². The Morgan fingerprint density at radius 3 is 2.37 bits per heavy atom. The summed E-state index contributed by atoms with van der Waals surface area (Å²) >= 11 is 5.89. The smallest absolute Gasteiger partial charge is 0.295 e. The molecule has 1 fully saturated rings. The lowest BCUT2D eigenvalue weighted by atomic mass is 9.95. The molecule has 0 bridgehead atoms. The lowest BCUT2D eigenvalue weighted by Gasteiger charge is -2.25. The van der Waals surface area contributed by atoms with Gasteiger partial charge in [0.1, 0.15) is 5.76 Å². The van der Waals surface area contributed by atoms with Crippen molar-refractivity contribution in [1.82, 2.24) is 4.90 Å². The van der Waals surface area contributed by atoms with Gasteiger partial charge in [-0.05, 0) is 48.4 Å². The Labute approximate surface area is 177 Å². The third-order valence-electron chi connectivity index (χ3n) is 4.82. The molecule has 0 aromatic heterocycles. The lowest BCUT2D eigenvalue weighted by Crippen LogP contribution is -2.31. The highest BCUT2D eigenvalue weighted by Gasteiger charge is 2.45. The molecule has 1 atom stereocenters. The van der Waals surface area contributed by atoms with Crippen LogP contribution in [0, 0.1) is 10.1 Å². The molecule has 0 aliphatic carbocycles. The van der Waals surface area contributed by atoms with Gasteiger partial charge in [0.2, 0.25) is 0 Å². The number of amides is 1. The van der Waals surface area contributed by atoms with Gasteiger partial charge in [0, 0.05) is 43.0 Å². The predicted molar refractivity (Wildman–Crippen MR) is 110 cm³/mol. The van der Waals surface area contributed by atoms with Crippen molar-refractivity contribution in [3.8, 4) is 0 Å². The van der Waals surface area contributed by atoms with Crippen LogP contribution in [-0.2, 0) is 14.3 Å². The number of aliphatic hydroxyl groups excluding tert-OH is 1. The average Bonchev–Trinajstić information content (AvgIpc) is 2.99. The topological polar surface area (TPSA) is 110 Å². The van der Waals surface area contributed by atoms with Crippen LogP contribution in [0.15, 0.2) is 54.1 Å². The predicted octanol–water partition coefficient (Wildman–Crippen LogP) is 3.71. The van der Waals surface area contributed by atoms with E-state index in [1.54, 1.807) is 24.3 Å². The van der Waals surface area contributed by atoms with Crippen molar-refractivity contribution >= 4 is 34.7 Å². The molecule has 0 unspecified atom stereocenters. The second kappa shape index (κ2) is 9.06. The maximum Gasteiger partial charge on any atom is 0.295 e. The van der Waals surface area contributed by atoms with E-state index in [0.717, 1.165) is 0 Å². The maximum absolute atomic E-state index is 12.8. The molecule has 3 rings (SSSR count). The summed E-state index contributed by atoms with van der Waals surface area (Å²) < 4.78 is 5.03. The summed E-state index contributed by atoms with van der Waals surface area (Å²) in [6.45, 7) is 0.602. The zero-order valence-electron chi connectivity index (χ0n) is 16.1. The van der Waals surface area contributed by atoms with Gasteiger partial charge in [-0.1, -0.05) is 11.6 Å². The molecule has 1 saturated heterocycles. The van der Waals surface area contributed by atoms with Crippen molar-refractivity contribution in [3.63, 3.8) is 0 Å². The molecule has 2 aromatic rings. The van der Waals surface area contributed by atoms with Gasteiger partial charge in [0.25, 0.3) is 17.4 Å². The van der Waals surface area contributed by atoms with Gasteiger partial charge in [-0.25, -0.2) is 0 Å². The molecular formula is C21H19ClN2O6. The number of non-ortho nitro benzene ring substituents is 1. The molecule has 0 radical (unpaired) electrons. The van der Waals surface area contributed by atoms with E-state index in [0.29, 0.717) is 29.2 Å². The molecular weight excluding hydrogens is 412 g/mol. The second-order valence-corrected chi connectivity index (χ2v) is 7.13. The molecule has 8 nitrogen and oxygen atoms in total. The number of Topliss-reactive ketones (excluding diaryl/α,β-unsaturated/α-hetero) is 1. The number of hydrogen-bond acceptors (Lipinski definition) is 6. The van der Waals surface area contributed by atoms with Gasteiger partial charge in [-0.15, -0.1) is 0 Å². The van der Waals surface area contributed by atoms with E-state index < -0.39 is 22.7 Å². The Balaban J connectivity index is 2.11. The normalized spacial score (nSPS) is 18.1. The van der Waals surface area contributed by atoms with E-state index >= 15 is 0 Å². The SMILES string of the molecule is COCCCN1C(=O)C(=O)C(=C(O)c2ccc(Cl)cc2)[C@H]1c1ccc([N+](=O)[O-])cc1. The van der Waals surface area contributed by atoms with Crippen LogP contribution in [-0.4, -0.2) is 46.9 Å². The Hall–Kier alpha value is -3.23. The molecule has 156 valence electrons. The monoisotopic (exact) mass is 430 g/mol. The van der Waals surface area contributed by atoms with Crippen molar-refractivity contribution < 1.29 is 24.4 Å². The van der Waals surface area contributed by atoms with Gasteiger partial charge in [-0.3, -0.25) is 19.7 Å². The standard InChI is InChI=1S/C21H19ClN2O6/c1-30-12-2-11-23-18(13-5-9-16(10-6-13)24(28)29)17(20(26)21(23)27)19(25)14-3-7-15(22)8-4-14/h3-10,18,25H,2,11-12H2,1H3/t18-/m1/s1. The first-order chi connectivity index (χ1) is 14.3. The number of hydrogen-bond donors (Lipinski definition) is 1. The van der Waals surface area contributed by atoms with Crippen LogP contribution in [0.3, 0.4) is 0 Å². The van der Waals surface area contributed by atoms with E-state index in [2.05, 4.69) is 0 Å². The number of methoxy groups -OCH3 is 1. The molecule has 30 heavy (non-hydrogen) atoms. The highest BCUT2D eigenvalue weighted by Crippen LogP contribution is 2.39. The van der Waals surface area contributed by atoms with Crippen LogP contribution in [0.2, 0.25) is 5.02 Å². The highest BCUT2D eigenvalue weighted by atomic mass is 35.5. The molecule has 1 aliphatic heterocycles. The number of nitrogens with zero attached hydrogens (tertiary/aromatic N) is 2. The van der Waals surface area contributed by atoms with Crippen molar-refractivity contribution in [1.29, 1.82) is 0 Å². The van der Waals surface area contributed by atoms with E-state index in [1.807, 2.05) is 0 Å². The number of halogens is 1. The molecule has 1 aliphatic rings. The van der Waals surface area contributed by atoms with Crippen molar-refractivity contribution in [2.45, 2.75) is 12.5 Å². The molecule has 1 amide bonds. The Bertz CT molecular complexity index is 1000. The van der Waals surface area contributed by atoms with Gasteiger partial charge in [-0.2, -0.15) is 0 Å². The first kappa shape index (κ1) is 21.5. The minimum absolute atomic E-state index is 0.0754. The van der Waals surface area contributed by atoms with Crippen molar-refractivity contribution in [2.75, 3.05) is 20.3 Å². The van der Waals surface area contributed by atoms with Crippen LogP contribution < -0.4 is 0 Å². The molecule has 1 heterocycles. The van der Waals surface area contributed by atoms with Crippen molar-refractivity contribution in [3.05, 3.63) is 80.4 Å². The van der Waals surface area contributed by atoms with Gasteiger partial charge in [0.05, 0.1) is 16.5 Å². The number of nitro groups is 1. The number of rotatable bonds is 7. The summed E-state index contributed by atoms with van der Waals surface area (Å²) in [5.41, 5.74) is 0.621. The molecule has 2 aromatic carbocycles. The molecule has 1 N–H and O–H groups in total. The van der Waals surface area contributed by atoms with Crippen LogP contribution in [0.5, 0.6) is 0 Å². The first-order valence-corrected chi connectivity index (χ1v) is 9.50.